The van der Waals surface area contributed by atoms with Crippen LogP contribution >= 0.6 is 12.0 Å². The molecule has 0 aromatic carbocycles. The Kier molecular flexibility index (Phi) is 4.29. The highest BCUT2D eigenvalue weighted by Gasteiger charge is 2.59. The van der Waals surface area contributed by atoms with E-state index < -0.39 is 23.3 Å². The average molecular weight is 349 g/mol. The Labute approximate surface area is 136 Å². The van der Waals surface area contributed by atoms with Gasteiger partial charge in [-0.05, 0) is 50.4 Å². The molecule has 6 nitrogen and oxygen atoms in total. The van der Waals surface area contributed by atoms with Crippen molar-refractivity contribution in [3.05, 3.63) is 0 Å². The smallest absolute Gasteiger partial charge is 0.415 e. The van der Waals surface area contributed by atoms with Gasteiger partial charge in [0.15, 0.2) is 0 Å². The van der Waals surface area contributed by atoms with Gasteiger partial charge in [-0.2, -0.15) is 14.0 Å². The molecular weight excluding hydrogens is 332 g/mol. The number of esters is 1. The highest BCUT2D eigenvalue weighted by molar-refractivity contribution is 7.96. The lowest BCUT2D eigenvalue weighted by Gasteiger charge is -2.59. The van der Waals surface area contributed by atoms with E-state index in [1.54, 1.807) is 0 Å². The van der Waals surface area contributed by atoms with Gasteiger partial charge in [0.25, 0.3) is 0 Å². The molecule has 2 atom stereocenters. The third kappa shape index (κ3) is 3.18. The topological polar surface area (TPSA) is 88.8 Å². The second kappa shape index (κ2) is 5.84. The molecule has 0 spiro atoms. The van der Waals surface area contributed by atoms with Gasteiger partial charge in [-0.1, -0.05) is 5.04 Å². The van der Waals surface area contributed by atoms with Gasteiger partial charge in [0.2, 0.25) is 0 Å². The highest BCUT2D eigenvalue weighted by atomic mass is 32.2. The maximum absolute atomic E-state index is 13.4. The number of nitrogens with zero attached hydrogens (tertiary/aromatic N) is 1. The van der Waals surface area contributed by atoms with Crippen LogP contribution in [0.25, 0.3) is 0 Å². The molecule has 0 aliphatic heterocycles. The van der Waals surface area contributed by atoms with Crippen LogP contribution in [-0.2, 0) is 18.9 Å². The number of carbonyl (C=O) groups excluding carboxylic acids is 1. The van der Waals surface area contributed by atoms with Crippen molar-refractivity contribution in [3.8, 4) is 6.07 Å². The van der Waals surface area contributed by atoms with E-state index in [1.165, 1.54) is 0 Å². The zero-order chi connectivity index (χ0) is 16.7. The molecule has 2 unspecified atom stereocenters. The number of alkyl halides is 2. The van der Waals surface area contributed by atoms with Crippen molar-refractivity contribution < 1.29 is 32.9 Å². The zero-order valence-electron chi connectivity index (χ0n) is 12.3. The predicted octanol–water partition coefficient (Wildman–Crippen LogP) is 3.30. The Bertz CT molecular complexity index is 524. The standard InChI is InChI=1S/C14H17F2NO5S/c15-14(16,23-22-21-19)11(18)20-8-13-4-9-1-10(5-13)3-12(2-9,6-13)7-17/h9-10,19H,1-6,8H2. The molecule has 0 amide bonds. The average Bonchev–Trinajstić information content (AvgIpc) is 2.49. The molecule has 4 aliphatic rings. The fourth-order valence-electron chi connectivity index (χ4n) is 5.15. The van der Waals surface area contributed by atoms with E-state index in [9.17, 15) is 18.8 Å². The van der Waals surface area contributed by atoms with E-state index in [0.29, 0.717) is 18.3 Å². The lowest BCUT2D eigenvalue weighted by Crippen LogP contribution is -2.53. The summed E-state index contributed by atoms with van der Waals surface area (Å²) in [6.45, 7) is -0.113. The Morgan fingerprint density at radius 3 is 2.57 bits per heavy atom. The Balaban J connectivity index is 1.64. The number of hydrogen-bond acceptors (Lipinski definition) is 7. The van der Waals surface area contributed by atoms with Gasteiger partial charge in [0.1, 0.15) is 12.0 Å². The van der Waals surface area contributed by atoms with Gasteiger partial charge >= 0.3 is 11.2 Å². The summed E-state index contributed by atoms with van der Waals surface area (Å²) >= 11 is -0.625. The van der Waals surface area contributed by atoms with Gasteiger partial charge in [0, 0.05) is 5.41 Å². The van der Waals surface area contributed by atoms with Crippen LogP contribution in [0.1, 0.15) is 38.5 Å². The quantitative estimate of drug-likeness (QED) is 0.340. The van der Waals surface area contributed by atoms with Crippen molar-refractivity contribution in [2.24, 2.45) is 22.7 Å². The molecule has 0 radical (unpaired) electrons. The minimum absolute atomic E-state index is 0.113. The summed E-state index contributed by atoms with van der Waals surface area (Å²) in [6.07, 6.45) is 5.04. The Morgan fingerprint density at radius 2 is 2.00 bits per heavy atom. The number of rotatable bonds is 6. The van der Waals surface area contributed by atoms with Crippen molar-refractivity contribution >= 4 is 18.0 Å². The summed E-state index contributed by atoms with van der Waals surface area (Å²) in [5.41, 5.74) is -0.758. The largest absolute Gasteiger partial charge is 0.460 e. The van der Waals surface area contributed by atoms with Crippen molar-refractivity contribution in [2.45, 2.75) is 43.8 Å². The van der Waals surface area contributed by atoms with Crippen molar-refractivity contribution in [1.82, 2.24) is 0 Å². The molecule has 0 saturated heterocycles. The minimum atomic E-state index is -3.97. The van der Waals surface area contributed by atoms with Crippen molar-refractivity contribution in [1.29, 1.82) is 5.26 Å². The summed E-state index contributed by atoms with van der Waals surface area (Å²) in [5, 5.41) is 16.5. The van der Waals surface area contributed by atoms with Gasteiger partial charge < -0.3 is 4.74 Å². The molecule has 128 valence electrons. The second-order valence-electron chi connectivity index (χ2n) is 7.17. The van der Waals surface area contributed by atoms with Crippen LogP contribution in [0.4, 0.5) is 8.78 Å². The highest BCUT2D eigenvalue weighted by Crippen LogP contribution is 2.65. The van der Waals surface area contributed by atoms with Crippen LogP contribution < -0.4 is 0 Å². The zero-order valence-corrected chi connectivity index (χ0v) is 13.1. The van der Waals surface area contributed by atoms with Crippen LogP contribution in [0.5, 0.6) is 0 Å². The van der Waals surface area contributed by atoms with Gasteiger partial charge in [0.05, 0.1) is 18.1 Å². The third-order valence-corrected chi connectivity index (χ3v) is 5.84. The first kappa shape index (κ1) is 16.9. The fraction of sp³-hybridized carbons (Fsp3) is 0.857. The van der Waals surface area contributed by atoms with E-state index in [0.717, 1.165) is 32.1 Å². The van der Waals surface area contributed by atoms with Crippen LogP contribution in [0.2, 0.25) is 0 Å². The van der Waals surface area contributed by atoms with Crippen molar-refractivity contribution in [2.75, 3.05) is 6.61 Å². The lowest BCUT2D eigenvalue weighted by atomic mass is 9.45. The maximum atomic E-state index is 13.4. The molecule has 0 aromatic rings. The number of carbonyl (C=O) groups is 1. The summed E-state index contributed by atoms with van der Waals surface area (Å²) in [6, 6.07) is 2.42. The van der Waals surface area contributed by atoms with E-state index >= 15 is 0 Å². The van der Waals surface area contributed by atoms with E-state index in [2.05, 4.69) is 15.4 Å². The summed E-state index contributed by atoms with van der Waals surface area (Å²) < 4.78 is 35.3. The van der Waals surface area contributed by atoms with Gasteiger partial charge in [-0.3, -0.25) is 0 Å². The molecule has 4 rings (SSSR count). The van der Waals surface area contributed by atoms with E-state index in [4.69, 9.17) is 9.99 Å². The molecule has 9 heteroatoms. The monoisotopic (exact) mass is 349 g/mol. The second-order valence-corrected chi connectivity index (χ2v) is 7.99. The summed E-state index contributed by atoms with van der Waals surface area (Å²) in [7, 11) is 0. The first-order chi connectivity index (χ1) is 10.8. The lowest BCUT2D eigenvalue weighted by molar-refractivity contribution is -0.433. The molecular formula is C14H17F2NO5S. The first-order valence-electron chi connectivity index (χ1n) is 7.44. The maximum Gasteiger partial charge on any atom is 0.415 e. The number of halogens is 2. The molecule has 23 heavy (non-hydrogen) atoms. The first-order valence-corrected chi connectivity index (χ1v) is 8.18. The minimum Gasteiger partial charge on any atom is -0.460 e. The SMILES string of the molecule is N#CC12CC3CC(C1)CC(COC(=O)C(F)(F)SOOO)(C3)C2. The van der Waals surface area contributed by atoms with Crippen LogP contribution in [0, 0.1) is 34.0 Å². The molecule has 4 saturated carbocycles. The number of nitriles is 1. The van der Waals surface area contributed by atoms with E-state index in [1.807, 2.05) is 0 Å². The molecule has 0 aromatic heterocycles. The Hall–Kier alpha value is -0.950. The number of ether oxygens (including phenoxy) is 1. The number of hydrogen-bond donors (Lipinski definition) is 1. The fourth-order valence-corrected chi connectivity index (χ4v) is 5.39. The predicted molar refractivity (Wildman–Crippen MR) is 73.5 cm³/mol. The summed E-state index contributed by atoms with van der Waals surface area (Å²) in [4.78, 5) is 11.5. The van der Waals surface area contributed by atoms with Crippen LogP contribution in [0.3, 0.4) is 0 Å². The molecule has 0 heterocycles. The normalized spacial score (nSPS) is 38.3. The van der Waals surface area contributed by atoms with Gasteiger partial charge in [-0.25, -0.2) is 10.1 Å². The molecule has 4 bridgehead atoms. The van der Waals surface area contributed by atoms with Crippen molar-refractivity contribution in [3.63, 3.8) is 0 Å². The van der Waals surface area contributed by atoms with E-state index in [-0.39, 0.29) is 17.4 Å². The molecule has 4 aliphatic carbocycles. The van der Waals surface area contributed by atoms with Crippen LogP contribution in [0.15, 0.2) is 0 Å². The van der Waals surface area contributed by atoms with Crippen LogP contribution in [-0.4, -0.2) is 23.1 Å². The molecule has 4 fully saturated rings. The Morgan fingerprint density at radius 1 is 1.35 bits per heavy atom. The summed E-state index contributed by atoms with van der Waals surface area (Å²) in [5.74, 6) is -0.910. The third-order valence-electron chi connectivity index (χ3n) is 5.34. The van der Waals surface area contributed by atoms with Gasteiger partial charge in [-0.15, -0.1) is 4.33 Å². The molecule has 1 N–H and O–H groups in total.